The van der Waals surface area contributed by atoms with Crippen LogP contribution in [0.5, 0.6) is 11.5 Å². The van der Waals surface area contributed by atoms with Crippen LogP contribution < -0.4 is 20.3 Å². The third-order valence-electron chi connectivity index (χ3n) is 10.8. The number of fused-ring (bicyclic) bond motifs is 3. The lowest BCUT2D eigenvalue weighted by Gasteiger charge is -2.32. The second-order valence-electron chi connectivity index (χ2n) is 16.8. The Kier molecular flexibility index (Phi) is 9.62. The second kappa shape index (κ2) is 13.8. The number of rotatable bonds is 7. The van der Waals surface area contributed by atoms with Crippen molar-refractivity contribution >= 4 is 30.7 Å². The molecule has 2 saturated heterocycles. The van der Waals surface area contributed by atoms with Crippen LogP contribution in [0.2, 0.25) is 0 Å². The van der Waals surface area contributed by atoms with E-state index in [1.54, 1.807) is 36.8 Å². The van der Waals surface area contributed by atoms with E-state index < -0.39 is 54.3 Å². The second-order valence-corrected chi connectivity index (χ2v) is 16.8. The zero-order valence-electron chi connectivity index (χ0n) is 32.5. The number of H-pyrrole nitrogens is 1. The van der Waals surface area contributed by atoms with Crippen molar-refractivity contribution in [3.8, 4) is 22.8 Å². The van der Waals surface area contributed by atoms with Crippen molar-refractivity contribution < 1.29 is 42.6 Å². The van der Waals surface area contributed by atoms with E-state index in [2.05, 4.69) is 10.3 Å². The molecular formula is C39H50BN5O9. The third-order valence-corrected chi connectivity index (χ3v) is 10.8. The minimum atomic E-state index is -0.897. The Labute approximate surface area is 316 Å². The quantitative estimate of drug-likeness (QED) is 0.299. The van der Waals surface area contributed by atoms with Gasteiger partial charge in [0.15, 0.2) is 11.5 Å². The molecule has 1 aromatic heterocycles. The highest BCUT2D eigenvalue weighted by molar-refractivity contribution is 6.62. The van der Waals surface area contributed by atoms with Gasteiger partial charge in [0.25, 0.3) is 0 Å². The number of imidazole rings is 1. The number of nitrogens with one attached hydrogen (secondary N) is 2. The fraction of sp³-hybridized carbons (Fsp3) is 0.538. The standard InChI is InChI=1S/C39H50BN5O9/c1-22(2)31(43-35(47)52-37(3,4)5)34(46)45-19-26(51-36(48)44-18-24-12-15-30-32(27(24)20-44)50-21-49-30)16-29(45)33-41-17-28(42-33)23-10-13-25(14-11-23)40-53-38(6,7)39(8,9)54-40/h10-15,17,22,26,29,31H,16,18-21H2,1-9H3,(H,41,42)(H,43,47)/t26-,29+,31+/m1/s1. The van der Waals surface area contributed by atoms with E-state index in [-0.39, 0.29) is 25.2 Å². The molecule has 7 rings (SSSR count). The van der Waals surface area contributed by atoms with E-state index in [1.165, 1.54) is 0 Å². The molecule has 4 aliphatic rings. The highest BCUT2D eigenvalue weighted by atomic mass is 16.7. The Bertz CT molecular complexity index is 1910. The van der Waals surface area contributed by atoms with Gasteiger partial charge in [-0.25, -0.2) is 14.6 Å². The van der Waals surface area contributed by atoms with Gasteiger partial charge in [0.05, 0.1) is 36.0 Å². The van der Waals surface area contributed by atoms with Gasteiger partial charge in [-0.1, -0.05) is 44.2 Å². The number of ether oxygens (including phenoxy) is 4. The molecule has 3 atom stereocenters. The van der Waals surface area contributed by atoms with Crippen molar-refractivity contribution in [2.45, 2.75) is 117 Å². The zero-order chi connectivity index (χ0) is 38.7. The van der Waals surface area contributed by atoms with Crippen molar-refractivity contribution in [1.82, 2.24) is 25.1 Å². The molecule has 3 aromatic rings. The summed E-state index contributed by atoms with van der Waals surface area (Å²) >= 11 is 0. The maximum atomic E-state index is 14.4. The highest BCUT2D eigenvalue weighted by Gasteiger charge is 2.52. The number of carbonyl (C=O) groups excluding carboxylic acids is 3. The number of hydrogen-bond acceptors (Lipinski definition) is 10. The van der Waals surface area contributed by atoms with Crippen LogP contribution in [-0.4, -0.2) is 87.3 Å². The number of aromatic amines is 1. The van der Waals surface area contributed by atoms with Crippen molar-refractivity contribution in [2.75, 3.05) is 13.3 Å². The smallest absolute Gasteiger partial charge is 0.454 e. The number of aromatic nitrogens is 2. The van der Waals surface area contributed by atoms with Gasteiger partial charge in [0.1, 0.15) is 23.6 Å². The first-order valence-corrected chi connectivity index (χ1v) is 18.6. The maximum absolute atomic E-state index is 14.4. The first kappa shape index (κ1) is 37.6. The van der Waals surface area contributed by atoms with Gasteiger partial charge in [0, 0.05) is 30.3 Å². The van der Waals surface area contributed by atoms with Gasteiger partial charge in [-0.3, -0.25) is 9.69 Å². The molecule has 14 nitrogen and oxygen atoms in total. The Morgan fingerprint density at radius 1 is 1.00 bits per heavy atom. The number of amides is 3. The van der Waals surface area contributed by atoms with Crippen LogP contribution >= 0.6 is 0 Å². The van der Waals surface area contributed by atoms with Crippen molar-refractivity contribution in [3.63, 3.8) is 0 Å². The van der Waals surface area contributed by atoms with Crippen LogP contribution in [0, 0.1) is 5.92 Å². The molecule has 3 amide bonds. The minimum absolute atomic E-state index is 0.112. The van der Waals surface area contributed by atoms with Gasteiger partial charge < -0.3 is 43.5 Å². The SMILES string of the molecule is CC(C)[C@H](NC(=O)OC(C)(C)C)C(=O)N1C[C@H](OC(=O)N2Cc3ccc4c(c3C2)OCO4)C[C@H]1c1nc(-c2ccc(B3OC(C)(C)C(C)(C)O3)cc2)c[nH]1. The lowest BCUT2D eigenvalue weighted by Crippen LogP contribution is -2.52. The van der Waals surface area contributed by atoms with Crippen molar-refractivity contribution in [1.29, 1.82) is 0 Å². The Morgan fingerprint density at radius 2 is 1.70 bits per heavy atom. The van der Waals surface area contributed by atoms with Crippen LogP contribution in [0.25, 0.3) is 11.3 Å². The maximum Gasteiger partial charge on any atom is 0.494 e. The van der Waals surface area contributed by atoms with E-state index in [9.17, 15) is 14.4 Å². The summed E-state index contributed by atoms with van der Waals surface area (Å²) in [6, 6.07) is 10.2. The van der Waals surface area contributed by atoms with E-state index in [4.69, 9.17) is 33.2 Å². The molecule has 15 heteroatoms. The molecule has 0 radical (unpaired) electrons. The number of carbonyl (C=O) groups is 3. The lowest BCUT2D eigenvalue weighted by molar-refractivity contribution is -0.136. The van der Waals surface area contributed by atoms with Crippen LogP contribution in [0.15, 0.2) is 42.6 Å². The van der Waals surface area contributed by atoms with Crippen LogP contribution in [-0.2, 0) is 36.7 Å². The number of likely N-dealkylation sites (tertiary alicyclic amines) is 1. The molecule has 0 aliphatic carbocycles. The average molecular weight is 744 g/mol. The summed E-state index contributed by atoms with van der Waals surface area (Å²) in [6.45, 7) is 18.0. The molecule has 0 unspecified atom stereocenters. The fourth-order valence-corrected chi connectivity index (χ4v) is 7.15. The Balaban J connectivity index is 1.10. The normalized spacial score (nSPS) is 21.7. The van der Waals surface area contributed by atoms with E-state index >= 15 is 0 Å². The minimum Gasteiger partial charge on any atom is -0.454 e. The first-order chi connectivity index (χ1) is 25.4. The fourth-order valence-electron chi connectivity index (χ4n) is 7.15. The summed E-state index contributed by atoms with van der Waals surface area (Å²) in [6.07, 6.45) is 0.280. The molecular weight excluding hydrogens is 693 g/mol. The van der Waals surface area contributed by atoms with Gasteiger partial charge in [0.2, 0.25) is 12.7 Å². The van der Waals surface area contributed by atoms with Crippen molar-refractivity contribution in [3.05, 3.63) is 59.5 Å². The molecule has 288 valence electrons. The molecule has 2 aromatic carbocycles. The van der Waals surface area contributed by atoms with E-state index in [1.807, 2.05) is 77.9 Å². The summed E-state index contributed by atoms with van der Waals surface area (Å²) in [5.41, 5.74) is 2.66. The molecule has 5 heterocycles. The summed E-state index contributed by atoms with van der Waals surface area (Å²) in [5, 5.41) is 2.78. The number of alkyl carbamates (subject to hydrolysis) is 1. The predicted molar refractivity (Wildman–Crippen MR) is 199 cm³/mol. The predicted octanol–water partition coefficient (Wildman–Crippen LogP) is 5.45. The molecule has 0 spiro atoms. The highest BCUT2D eigenvalue weighted by Crippen LogP contribution is 2.42. The molecule has 2 N–H and O–H groups in total. The molecule has 0 saturated carbocycles. The third kappa shape index (κ3) is 7.35. The number of benzene rings is 2. The Hall–Kier alpha value is -4.76. The number of hydrogen-bond donors (Lipinski definition) is 2. The topological polar surface area (TPSA) is 154 Å². The summed E-state index contributed by atoms with van der Waals surface area (Å²) < 4.78 is 35.2. The molecule has 2 fully saturated rings. The monoisotopic (exact) mass is 743 g/mol. The summed E-state index contributed by atoms with van der Waals surface area (Å²) in [4.78, 5) is 52.3. The summed E-state index contributed by atoms with van der Waals surface area (Å²) in [5.74, 6) is 1.26. The molecule has 4 aliphatic heterocycles. The average Bonchev–Trinajstić information content (AvgIpc) is 3.92. The van der Waals surface area contributed by atoms with Gasteiger partial charge >= 0.3 is 19.3 Å². The largest absolute Gasteiger partial charge is 0.494 e. The lowest BCUT2D eigenvalue weighted by atomic mass is 9.79. The van der Waals surface area contributed by atoms with E-state index in [0.717, 1.165) is 22.2 Å². The van der Waals surface area contributed by atoms with Crippen molar-refractivity contribution in [2.24, 2.45) is 5.92 Å². The van der Waals surface area contributed by atoms with Gasteiger partial charge in [-0.2, -0.15) is 0 Å². The molecule has 0 bridgehead atoms. The van der Waals surface area contributed by atoms with Gasteiger partial charge in [-0.15, -0.1) is 0 Å². The van der Waals surface area contributed by atoms with Crippen LogP contribution in [0.1, 0.15) is 91.7 Å². The van der Waals surface area contributed by atoms with Crippen LogP contribution in [0.4, 0.5) is 9.59 Å². The molecule has 54 heavy (non-hydrogen) atoms. The summed E-state index contributed by atoms with van der Waals surface area (Å²) in [7, 11) is -0.488. The Morgan fingerprint density at radius 3 is 2.37 bits per heavy atom. The zero-order valence-corrected chi connectivity index (χ0v) is 32.5. The van der Waals surface area contributed by atoms with E-state index in [0.29, 0.717) is 42.5 Å². The first-order valence-electron chi connectivity index (χ1n) is 18.6. The van der Waals surface area contributed by atoms with Gasteiger partial charge in [-0.05, 0) is 71.5 Å². The number of nitrogens with zero attached hydrogens (tertiary/aromatic N) is 3. The van der Waals surface area contributed by atoms with Crippen LogP contribution in [0.3, 0.4) is 0 Å².